The minimum Gasteiger partial charge on any atom is -0.497 e. The first kappa shape index (κ1) is 18.7. The maximum Gasteiger partial charge on any atom is 0.405 e. The van der Waals surface area contributed by atoms with Gasteiger partial charge in [0.2, 0.25) is 5.75 Å². The third kappa shape index (κ3) is 3.32. The summed E-state index contributed by atoms with van der Waals surface area (Å²) in [5, 5.41) is 0. The van der Waals surface area contributed by atoms with Crippen LogP contribution in [-0.2, 0) is 11.2 Å². The standard InChI is InChI=1S/C20H23NO6/c1-23-12-6-7-13-14(10-12)15(27-20(21)22)8-5-11-9-16(24-2)18(25-3)19(26-4)17(11)13/h6-7,9-10,15H,5,8H2,1-4H3,(H2,21,22)/t15-/m0/s1. The number of fused-ring (bicyclic) bond motifs is 3. The number of benzene rings is 2. The van der Waals surface area contributed by atoms with Crippen molar-refractivity contribution in [2.75, 3.05) is 28.4 Å². The van der Waals surface area contributed by atoms with E-state index in [0.717, 1.165) is 22.3 Å². The van der Waals surface area contributed by atoms with Crippen molar-refractivity contribution < 1.29 is 28.5 Å². The molecule has 0 radical (unpaired) electrons. The number of ether oxygens (including phenoxy) is 5. The highest BCUT2D eigenvalue weighted by atomic mass is 16.6. The highest BCUT2D eigenvalue weighted by molar-refractivity contribution is 5.83. The fourth-order valence-electron chi connectivity index (χ4n) is 3.57. The summed E-state index contributed by atoms with van der Waals surface area (Å²) in [5.41, 5.74) is 8.85. The third-order valence-electron chi connectivity index (χ3n) is 4.72. The van der Waals surface area contributed by atoms with Gasteiger partial charge in [0, 0.05) is 11.1 Å². The predicted molar refractivity (Wildman–Crippen MR) is 99.8 cm³/mol. The predicted octanol–water partition coefficient (Wildman–Crippen LogP) is 3.47. The van der Waals surface area contributed by atoms with Gasteiger partial charge in [-0.05, 0) is 42.2 Å². The quantitative estimate of drug-likeness (QED) is 0.863. The number of hydrogen-bond acceptors (Lipinski definition) is 6. The average Bonchev–Trinajstić information content (AvgIpc) is 2.82. The van der Waals surface area contributed by atoms with Crippen molar-refractivity contribution in [2.24, 2.45) is 5.73 Å². The molecule has 144 valence electrons. The van der Waals surface area contributed by atoms with Gasteiger partial charge in [0.25, 0.3) is 0 Å². The fraction of sp³-hybridized carbons (Fsp3) is 0.350. The van der Waals surface area contributed by atoms with E-state index in [1.807, 2.05) is 24.3 Å². The first-order valence-corrected chi connectivity index (χ1v) is 8.50. The van der Waals surface area contributed by atoms with E-state index < -0.39 is 12.2 Å². The molecule has 0 spiro atoms. The van der Waals surface area contributed by atoms with E-state index in [4.69, 9.17) is 29.4 Å². The summed E-state index contributed by atoms with van der Waals surface area (Å²) in [5.74, 6) is 2.32. The second-order valence-corrected chi connectivity index (χ2v) is 6.10. The Bertz CT molecular complexity index is 864. The highest BCUT2D eigenvalue weighted by Crippen LogP contribution is 2.51. The van der Waals surface area contributed by atoms with Crippen LogP contribution in [0.4, 0.5) is 4.79 Å². The number of nitrogens with two attached hydrogens (primary N) is 1. The first-order chi connectivity index (χ1) is 13.0. The highest BCUT2D eigenvalue weighted by Gasteiger charge is 2.30. The van der Waals surface area contributed by atoms with Gasteiger partial charge < -0.3 is 29.4 Å². The van der Waals surface area contributed by atoms with Crippen molar-refractivity contribution >= 4 is 6.09 Å². The van der Waals surface area contributed by atoms with Gasteiger partial charge >= 0.3 is 6.09 Å². The molecule has 0 saturated carbocycles. The molecule has 2 N–H and O–H groups in total. The smallest absolute Gasteiger partial charge is 0.405 e. The minimum absolute atomic E-state index is 0.498. The van der Waals surface area contributed by atoms with Crippen molar-refractivity contribution in [1.82, 2.24) is 0 Å². The molecule has 1 atom stereocenters. The third-order valence-corrected chi connectivity index (χ3v) is 4.72. The fourth-order valence-corrected chi connectivity index (χ4v) is 3.57. The molecule has 0 heterocycles. The second kappa shape index (κ2) is 7.65. The number of primary amides is 1. The molecule has 1 aliphatic carbocycles. The Kier molecular flexibility index (Phi) is 5.30. The van der Waals surface area contributed by atoms with Crippen molar-refractivity contribution in [1.29, 1.82) is 0 Å². The molecule has 0 bridgehead atoms. The lowest BCUT2D eigenvalue weighted by atomic mass is 9.94. The Balaban J connectivity index is 2.30. The zero-order valence-corrected chi connectivity index (χ0v) is 15.8. The van der Waals surface area contributed by atoms with Crippen LogP contribution in [-0.4, -0.2) is 34.5 Å². The van der Waals surface area contributed by atoms with Crippen LogP contribution >= 0.6 is 0 Å². The Morgan fingerprint density at radius 1 is 1.00 bits per heavy atom. The number of aryl methyl sites for hydroxylation is 1. The molecule has 27 heavy (non-hydrogen) atoms. The number of carbonyl (C=O) groups is 1. The largest absolute Gasteiger partial charge is 0.497 e. The van der Waals surface area contributed by atoms with Crippen molar-refractivity contribution in [2.45, 2.75) is 18.9 Å². The molecule has 2 aromatic carbocycles. The Morgan fingerprint density at radius 3 is 2.33 bits per heavy atom. The van der Waals surface area contributed by atoms with Crippen molar-refractivity contribution in [3.63, 3.8) is 0 Å². The zero-order chi connectivity index (χ0) is 19.6. The first-order valence-electron chi connectivity index (χ1n) is 8.50. The summed E-state index contributed by atoms with van der Waals surface area (Å²) in [7, 11) is 6.32. The summed E-state index contributed by atoms with van der Waals surface area (Å²) in [4.78, 5) is 11.4. The molecule has 7 nitrogen and oxygen atoms in total. The Labute approximate surface area is 157 Å². The molecule has 0 aliphatic heterocycles. The van der Waals surface area contributed by atoms with Crippen molar-refractivity contribution in [3.05, 3.63) is 35.4 Å². The van der Waals surface area contributed by atoms with E-state index in [9.17, 15) is 4.79 Å². The number of amides is 1. The van der Waals surface area contributed by atoms with Gasteiger partial charge in [0.15, 0.2) is 11.5 Å². The number of rotatable bonds is 5. The molecule has 1 amide bonds. The lowest BCUT2D eigenvalue weighted by molar-refractivity contribution is 0.102. The van der Waals surface area contributed by atoms with Crippen LogP contribution in [0.5, 0.6) is 23.0 Å². The molecule has 0 saturated heterocycles. The normalized spacial score (nSPS) is 15.0. The van der Waals surface area contributed by atoms with E-state index >= 15 is 0 Å². The van der Waals surface area contributed by atoms with E-state index in [2.05, 4.69) is 0 Å². The van der Waals surface area contributed by atoms with E-state index in [1.54, 1.807) is 28.4 Å². The maximum atomic E-state index is 11.4. The van der Waals surface area contributed by atoms with Crippen LogP contribution in [0.3, 0.4) is 0 Å². The second-order valence-electron chi connectivity index (χ2n) is 6.10. The van der Waals surface area contributed by atoms with Gasteiger partial charge in [0.05, 0.1) is 28.4 Å². The molecular formula is C20H23NO6. The zero-order valence-electron chi connectivity index (χ0n) is 15.8. The van der Waals surface area contributed by atoms with Gasteiger partial charge in [-0.15, -0.1) is 0 Å². The van der Waals surface area contributed by atoms with E-state index in [-0.39, 0.29) is 0 Å². The molecule has 3 rings (SSSR count). The van der Waals surface area contributed by atoms with Gasteiger partial charge in [-0.2, -0.15) is 0 Å². The Hall–Kier alpha value is -3.09. The summed E-state index contributed by atoms with van der Waals surface area (Å²) in [6.45, 7) is 0. The minimum atomic E-state index is -0.818. The van der Waals surface area contributed by atoms with Crippen LogP contribution in [0.2, 0.25) is 0 Å². The topological polar surface area (TPSA) is 89.2 Å². The molecule has 1 aliphatic rings. The maximum absolute atomic E-state index is 11.4. The van der Waals surface area contributed by atoms with E-state index in [1.165, 1.54) is 0 Å². The molecule has 0 unspecified atom stereocenters. The van der Waals surface area contributed by atoms with Crippen LogP contribution in [0.15, 0.2) is 24.3 Å². The summed E-state index contributed by atoms with van der Waals surface area (Å²) >= 11 is 0. The van der Waals surface area contributed by atoms with Gasteiger partial charge in [0.1, 0.15) is 11.9 Å². The molecule has 0 fully saturated rings. The van der Waals surface area contributed by atoms with Crippen LogP contribution < -0.4 is 24.7 Å². The summed E-state index contributed by atoms with van der Waals surface area (Å²) in [6, 6.07) is 7.56. The number of hydrogen-bond donors (Lipinski definition) is 1. The molecule has 2 aromatic rings. The SMILES string of the molecule is COc1ccc2c(c1)[C@@H](OC(N)=O)CCc1cc(OC)c(OC)c(OC)c1-2. The average molecular weight is 373 g/mol. The number of methoxy groups -OCH3 is 4. The summed E-state index contributed by atoms with van der Waals surface area (Å²) in [6.07, 6.45) is -0.112. The lowest BCUT2D eigenvalue weighted by Gasteiger charge is -2.20. The van der Waals surface area contributed by atoms with E-state index in [0.29, 0.717) is 35.8 Å². The van der Waals surface area contributed by atoms with Gasteiger partial charge in [-0.3, -0.25) is 0 Å². The monoisotopic (exact) mass is 373 g/mol. The van der Waals surface area contributed by atoms with Crippen LogP contribution in [0.1, 0.15) is 23.7 Å². The number of carbonyl (C=O) groups excluding carboxylic acids is 1. The van der Waals surface area contributed by atoms with Gasteiger partial charge in [-0.25, -0.2) is 4.79 Å². The molecule has 7 heteroatoms. The molecular weight excluding hydrogens is 350 g/mol. The van der Waals surface area contributed by atoms with Crippen LogP contribution in [0, 0.1) is 0 Å². The Morgan fingerprint density at radius 2 is 1.74 bits per heavy atom. The van der Waals surface area contributed by atoms with Crippen molar-refractivity contribution in [3.8, 4) is 34.1 Å². The molecule has 0 aromatic heterocycles. The van der Waals surface area contributed by atoms with Crippen LogP contribution in [0.25, 0.3) is 11.1 Å². The summed E-state index contributed by atoms with van der Waals surface area (Å²) < 4.78 is 27.4. The van der Waals surface area contributed by atoms with Gasteiger partial charge in [-0.1, -0.05) is 6.07 Å². The lowest BCUT2D eigenvalue weighted by Crippen LogP contribution is -2.17.